The Kier molecular flexibility index (Phi) is 5.09. The lowest BCUT2D eigenvalue weighted by Gasteiger charge is -2.25. The van der Waals surface area contributed by atoms with Crippen LogP contribution in [-0.2, 0) is 0 Å². The smallest absolute Gasteiger partial charge is 0.263 e. The fourth-order valence-corrected chi connectivity index (χ4v) is 3.80. The molecule has 1 fully saturated rings. The van der Waals surface area contributed by atoms with Crippen LogP contribution < -0.4 is 25.7 Å². The van der Waals surface area contributed by atoms with E-state index in [1.54, 1.807) is 23.8 Å². The zero-order valence-electron chi connectivity index (χ0n) is 16.2. The van der Waals surface area contributed by atoms with Crippen LogP contribution in [0, 0.1) is 13.8 Å². The number of amides is 1. The molecule has 1 aromatic heterocycles. The summed E-state index contributed by atoms with van der Waals surface area (Å²) in [5, 5.41) is 6.19. The SMILES string of the molecule is Cc1cc2c(cc1NC(=O)c1c(C)ccn(C3CCNCC3)c1=O)OCCO2. The second-order valence-electron chi connectivity index (χ2n) is 7.33. The maximum absolute atomic E-state index is 13.1. The fourth-order valence-electron chi connectivity index (χ4n) is 3.80. The number of nitrogens with zero attached hydrogens (tertiary/aromatic N) is 1. The summed E-state index contributed by atoms with van der Waals surface area (Å²) in [6.45, 7) is 6.42. The van der Waals surface area contributed by atoms with Gasteiger partial charge in [-0.05, 0) is 63.0 Å². The molecule has 3 heterocycles. The van der Waals surface area contributed by atoms with Crippen molar-refractivity contribution in [2.24, 2.45) is 0 Å². The maximum atomic E-state index is 13.1. The molecule has 0 unspecified atom stereocenters. The highest BCUT2D eigenvalue weighted by Crippen LogP contribution is 2.35. The van der Waals surface area contributed by atoms with E-state index >= 15 is 0 Å². The third-order valence-electron chi connectivity index (χ3n) is 5.39. The summed E-state index contributed by atoms with van der Waals surface area (Å²) in [7, 11) is 0. The van der Waals surface area contributed by atoms with Gasteiger partial charge in [0.05, 0.1) is 0 Å². The van der Waals surface area contributed by atoms with Gasteiger partial charge in [0.1, 0.15) is 18.8 Å². The van der Waals surface area contributed by atoms with Gasteiger partial charge in [-0.2, -0.15) is 0 Å². The van der Waals surface area contributed by atoms with Crippen LogP contribution in [0.3, 0.4) is 0 Å². The van der Waals surface area contributed by atoms with Crippen LogP contribution in [0.25, 0.3) is 0 Å². The van der Waals surface area contributed by atoms with Gasteiger partial charge in [0.2, 0.25) is 0 Å². The zero-order chi connectivity index (χ0) is 19.7. The Balaban J connectivity index is 1.64. The van der Waals surface area contributed by atoms with Crippen molar-refractivity contribution >= 4 is 11.6 Å². The van der Waals surface area contributed by atoms with Gasteiger partial charge in [-0.25, -0.2) is 0 Å². The van der Waals surface area contributed by atoms with Crippen molar-refractivity contribution < 1.29 is 14.3 Å². The molecule has 0 atom stereocenters. The second-order valence-corrected chi connectivity index (χ2v) is 7.33. The van der Waals surface area contributed by atoms with E-state index < -0.39 is 5.91 Å². The molecule has 0 bridgehead atoms. The van der Waals surface area contributed by atoms with E-state index in [-0.39, 0.29) is 17.2 Å². The average molecular weight is 383 g/mol. The number of anilines is 1. The quantitative estimate of drug-likeness (QED) is 0.851. The van der Waals surface area contributed by atoms with E-state index in [0.29, 0.717) is 36.0 Å². The molecule has 2 aliphatic heterocycles. The standard InChI is InChI=1S/C21H25N3O4/c1-13-5-8-24(15-3-6-22-7-4-15)21(26)19(13)20(25)23-16-12-18-17(11-14(16)2)27-9-10-28-18/h5,8,11-12,15,22H,3-4,6-7,9-10H2,1-2H3,(H,23,25). The molecule has 0 aliphatic carbocycles. The molecule has 28 heavy (non-hydrogen) atoms. The number of pyridine rings is 1. The van der Waals surface area contributed by atoms with E-state index in [9.17, 15) is 9.59 Å². The minimum absolute atomic E-state index is 0.122. The number of hydrogen-bond donors (Lipinski definition) is 2. The number of hydrogen-bond acceptors (Lipinski definition) is 5. The van der Waals surface area contributed by atoms with Crippen molar-refractivity contribution in [3.05, 3.63) is 51.4 Å². The first kappa shape index (κ1) is 18.6. The summed E-state index contributed by atoms with van der Waals surface area (Å²) in [5.41, 5.74) is 2.09. The molecule has 7 nitrogen and oxygen atoms in total. The molecule has 148 valence electrons. The van der Waals surface area contributed by atoms with Gasteiger partial charge < -0.3 is 24.7 Å². The van der Waals surface area contributed by atoms with Crippen molar-refractivity contribution in [1.29, 1.82) is 0 Å². The third kappa shape index (κ3) is 3.49. The number of carbonyl (C=O) groups is 1. The number of piperidine rings is 1. The number of rotatable bonds is 3. The lowest BCUT2D eigenvalue weighted by Crippen LogP contribution is -2.37. The number of ether oxygens (including phenoxy) is 2. The molecule has 0 saturated carbocycles. The molecule has 2 N–H and O–H groups in total. The van der Waals surface area contributed by atoms with Gasteiger partial charge in [-0.15, -0.1) is 0 Å². The lowest BCUT2D eigenvalue weighted by molar-refractivity contribution is 0.102. The normalized spacial score (nSPS) is 16.6. The van der Waals surface area contributed by atoms with Gasteiger partial charge in [0, 0.05) is 24.0 Å². The van der Waals surface area contributed by atoms with Crippen LogP contribution in [0.15, 0.2) is 29.2 Å². The van der Waals surface area contributed by atoms with Crippen molar-refractivity contribution in [1.82, 2.24) is 9.88 Å². The van der Waals surface area contributed by atoms with E-state index in [4.69, 9.17) is 9.47 Å². The van der Waals surface area contributed by atoms with Crippen molar-refractivity contribution in [2.45, 2.75) is 32.7 Å². The first-order valence-corrected chi connectivity index (χ1v) is 9.68. The predicted molar refractivity (Wildman–Crippen MR) is 107 cm³/mol. The number of benzene rings is 1. The first-order valence-electron chi connectivity index (χ1n) is 9.68. The molecule has 7 heteroatoms. The highest BCUT2D eigenvalue weighted by Gasteiger charge is 2.22. The predicted octanol–water partition coefficient (Wildman–Crippen LogP) is 2.41. The van der Waals surface area contributed by atoms with Gasteiger partial charge >= 0.3 is 0 Å². The lowest BCUT2D eigenvalue weighted by atomic mass is 10.0. The molecule has 2 aromatic rings. The molecule has 4 rings (SSSR count). The molecular weight excluding hydrogens is 358 g/mol. The summed E-state index contributed by atoms with van der Waals surface area (Å²) in [4.78, 5) is 26.1. The third-order valence-corrected chi connectivity index (χ3v) is 5.39. The number of nitrogens with one attached hydrogen (secondary N) is 2. The Bertz CT molecular complexity index is 961. The van der Waals surface area contributed by atoms with Crippen LogP contribution in [0.5, 0.6) is 11.5 Å². The van der Waals surface area contributed by atoms with Crippen LogP contribution in [0.4, 0.5) is 5.69 Å². The molecule has 0 radical (unpaired) electrons. The van der Waals surface area contributed by atoms with Gasteiger partial charge in [0.25, 0.3) is 11.5 Å². The number of aromatic nitrogens is 1. The van der Waals surface area contributed by atoms with Crippen LogP contribution in [-0.4, -0.2) is 36.8 Å². The van der Waals surface area contributed by atoms with Crippen LogP contribution in [0.1, 0.15) is 40.4 Å². The summed E-state index contributed by atoms with van der Waals surface area (Å²) in [5.74, 6) is 0.875. The van der Waals surface area contributed by atoms with Crippen molar-refractivity contribution in [2.75, 3.05) is 31.6 Å². The molecule has 1 saturated heterocycles. The first-order chi connectivity index (χ1) is 13.5. The van der Waals surface area contributed by atoms with E-state index in [1.807, 2.05) is 19.1 Å². The summed E-state index contributed by atoms with van der Waals surface area (Å²) in [6.07, 6.45) is 3.57. The molecular formula is C21H25N3O4. The average Bonchev–Trinajstić information content (AvgIpc) is 2.69. The highest BCUT2D eigenvalue weighted by atomic mass is 16.6. The van der Waals surface area contributed by atoms with Crippen LogP contribution >= 0.6 is 0 Å². The van der Waals surface area contributed by atoms with E-state index in [2.05, 4.69) is 10.6 Å². The maximum Gasteiger partial charge on any atom is 0.263 e. The Morgan fingerprint density at radius 3 is 2.50 bits per heavy atom. The molecule has 0 spiro atoms. The topological polar surface area (TPSA) is 81.6 Å². The van der Waals surface area contributed by atoms with Gasteiger partial charge in [-0.1, -0.05) is 0 Å². The summed E-state index contributed by atoms with van der Waals surface area (Å²) >= 11 is 0. The molecule has 1 amide bonds. The van der Waals surface area contributed by atoms with Gasteiger partial charge in [-0.3, -0.25) is 9.59 Å². The van der Waals surface area contributed by atoms with E-state index in [1.165, 1.54) is 0 Å². The summed E-state index contributed by atoms with van der Waals surface area (Å²) in [6, 6.07) is 5.56. The largest absolute Gasteiger partial charge is 0.486 e. The second kappa shape index (κ2) is 7.67. The van der Waals surface area contributed by atoms with E-state index in [0.717, 1.165) is 31.5 Å². The number of carbonyl (C=O) groups excluding carboxylic acids is 1. The van der Waals surface area contributed by atoms with Crippen molar-refractivity contribution in [3.8, 4) is 11.5 Å². The minimum Gasteiger partial charge on any atom is -0.486 e. The van der Waals surface area contributed by atoms with Crippen LogP contribution in [0.2, 0.25) is 0 Å². The Morgan fingerprint density at radius 2 is 1.79 bits per heavy atom. The van der Waals surface area contributed by atoms with Crippen molar-refractivity contribution in [3.63, 3.8) is 0 Å². The Labute approximate surface area is 163 Å². The Morgan fingerprint density at radius 1 is 1.11 bits per heavy atom. The highest BCUT2D eigenvalue weighted by molar-refractivity contribution is 6.05. The number of aryl methyl sites for hydroxylation is 2. The minimum atomic E-state index is -0.398. The number of fused-ring (bicyclic) bond motifs is 1. The Hall–Kier alpha value is -2.80. The molecule has 1 aromatic carbocycles. The van der Waals surface area contributed by atoms with Gasteiger partial charge in [0.15, 0.2) is 11.5 Å². The summed E-state index contributed by atoms with van der Waals surface area (Å²) < 4.78 is 12.9. The zero-order valence-corrected chi connectivity index (χ0v) is 16.2. The molecule has 2 aliphatic rings. The fraction of sp³-hybridized carbons (Fsp3) is 0.429. The monoisotopic (exact) mass is 383 g/mol.